The van der Waals surface area contributed by atoms with Crippen molar-refractivity contribution >= 4 is 38.9 Å². The number of amides is 2. The molecule has 150 valence electrons. The first kappa shape index (κ1) is 20.5. The highest BCUT2D eigenvalue weighted by atomic mass is 32.2. The van der Waals surface area contributed by atoms with E-state index in [-0.39, 0.29) is 35.0 Å². The Morgan fingerprint density at radius 1 is 1.07 bits per heavy atom. The van der Waals surface area contributed by atoms with Gasteiger partial charge in [-0.05, 0) is 55.7 Å². The zero-order valence-electron chi connectivity index (χ0n) is 15.5. The van der Waals surface area contributed by atoms with E-state index in [1.807, 2.05) is 6.92 Å². The van der Waals surface area contributed by atoms with E-state index >= 15 is 0 Å². The maximum absolute atomic E-state index is 12.2. The molecule has 1 aromatic heterocycles. The molecule has 1 aromatic carbocycles. The van der Waals surface area contributed by atoms with Crippen LogP contribution in [0.4, 0.5) is 5.69 Å². The lowest BCUT2D eigenvalue weighted by molar-refractivity contribution is -0.117. The van der Waals surface area contributed by atoms with Crippen LogP contribution in [0, 0.1) is 5.92 Å². The maximum atomic E-state index is 12.2. The summed E-state index contributed by atoms with van der Waals surface area (Å²) in [6.07, 6.45) is 2.66. The normalized spacial score (nSPS) is 13.9. The summed E-state index contributed by atoms with van der Waals surface area (Å²) in [5, 5.41) is 5.49. The topological polar surface area (TPSA) is 104 Å². The molecule has 0 unspecified atom stereocenters. The number of rotatable bonds is 9. The molecule has 0 saturated heterocycles. The van der Waals surface area contributed by atoms with Crippen molar-refractivity contribution in [1.29, 1.82) is 0 Å². The summed E-state index contributed by atoms with van der Waals surface area (Å²) in [4.78, 5) is 24.9. The molecule has 2 amide bonds. The molecule has 1 fully saturated rings. The fourth-order valence-electron chi connectivity index (χ4n) is 2.52. The fourth-order valence-corrected chi connectivity index (χ4v) is 4.89. The highest BCUT2D eigenvalue weighted by Gasteiger charge is 2.29. The molecule has 1 heterocycles. The second-order valence-electron chi connectivity index (χ2n) is 6.57. The van der Waals surface area contributed by atoms with Crippen molar-refractivity contribution in [2.24, 2.45) is 5.92 Å². The van der Waals surface area contributed by atoms with Gasteiger partial charge >= 0.3 is 0 Å². The number of carbonyl (C=O) groups excluding carboxylic acids is 2. The van der Waals surface area contributed by atoms with Crippen LogP contribution in [0.5, 0.6) is 0 Å². The Morgan fingerprint density at radius 3 is 2.39 bits per heavy atom. The average Bonchev–Trinajstić information content (AvgIpc) is 3.42. The maximum Gasteiger partial charge on any atom is 0.251 e. The van der Waals surface area contributed by atoms with Crippen LogP contribution in [0.25, 0.3) is 0 Å². The van der Waals surface area contributed by atoms with Gasteiger partial charge in [0.15, 0.2) is 0 Å². The number of aryl methyl sites for hydroxylation is 1. The van der Waals surface area contributed by atoms with Crippen molar-refractivity contribution in [1.82, 2.24) is 10.0 Å². The molecule has 0 aliphatic heterocycles. The van der Waals surface area contributed by atoms with Gasteiger partial charge in [-0.25, -0.2) is 13.1 Å². The summed E-state index contributed by atoms with van der Waals surface area (Å²) < 4.78 is 27.2. The lowest BCUT2D eigenvalue weighted by Gasteiger charge is -2.08. The summed E-state index contributed by atoms with van der Waals surface area (Å²) in [6.45, 7) is 2.24. The van der Waals surface area contributed by atoms with Crippen LogP contribution in [-0.2, 0) is 21.2 Å². The van der Waals surface area contributed by atoms with Crippen LogP contribution >= 0.6 is 11.3 Å². The molecule has 3 N–H and O–H groups in total. The summed E-state index contributed by atoms with van der Waals surface area (Å²) in [7, 11) is -3.55. The van der Waals surface area contributed by atoms with Crippen molar-refractivity contribution in [3.05, 3.63) is 46.8 Å². The van der Waals surface area contributed by atoms with E-state index in [1.165, 1.54) is 11.3 Å². The molecule has 3 rings (SSSR count). The Hall–Kier alpha value is -2.23. The van der Waals surface area contributed by atoms with E-state index in [2.05, 4.69) is 15.4 Å². The molecule has 1 saturated carbocycles. The Labute approximate surface area is 168 Å². The average molecular weight is 422 g/mol. The molecule has 1 aliphatic rings. The van der Waals surface area contributed by atoms with Gasteiger partial charge in [-0.1, -0.05) is 6.92 Å². The van der Waals surface area contributed by atoms with Gasteiger partial charge in [-0.2, -0.15) is 0 Å². The lowest BCUT2D eigenvalue weighted by atomic mass is 10.2. The minimum absolute atomic E-state index is 0.0151. The van der Waals surface area contributed by atoms with E-state index in [0.29, 0.717) is 11.3 Å². The van der Waals surface area contributed by atoms with Crippen LogP contribution in [0.3, 0.4) is 0 Å². The number of anilines is 1. The number of sulfonamides is 1. The molecule has 1 aliphatic carbocycles. The van der Waals surface area contributed by atoms with Gasteiger partial charge in [0, 0.05) is 35.1 Å². The predicted molar refractivity (Wildman–Crippen MR) is 109 cm³/mol. The second-order valence-corrected chi connectivity index (χ2v) is 9.73. The fraction of sp³-hybridized carbons (Fsp3) is 0.368. The third kappa shape index (κ3) is 5.40. The monoisotopic (exact) mass is 421 g/mol. The molecule has 28 heavy (non-hydrogen) atoms. The van der Waals surface area contributed by atoms with Gasteiger partial charge in [0.1, 0.15) is 4.21 Å². The minimum atomic E-state index is -3.55. The standard InChI is InChI=1S/C19H23N3O4S2/c1-2-16-9-10-17(27-16)28(25,26)21-12-11-20-18(23)13-5-7-15(8-6-13)22-19(24)14-3-4-14/h5-10,14,21H,2-4,11-12H2,1H3,(H,20,23)(H,22,24). The Balaban J connectivity index is 1.44. The summed E-state index contributed by atoms with van der Waals surface area (Å²) in [6, 6.07) is 10.0. The van der Waals surface area contributed by atoms with Crippen molar-refractivity contribution in [2.75, 3.05) is 18.4 Å². The number of thiophene rings is 1. The quantitative estimate of drug-likeness (QED) is 0.541. The van der Waals surface area contributed by atoms with Crippen molar-refractivity contribution in [3.63, 3.8) is 0 Å². The predicted octanol–water partition coefficient (Wildman–Crippen LogP) is 2.37. The van der Waals surface area contributed by atoms with E-state index in [9.17, 15) is 18.0 Å². The second kappa shape index (κ2) is 8.85. The van der Waals surface area contributed by atoms with Crippen LogP contribution in [0.1, 0.15) is 35.0 Å². The Kier molecular flexibility index (Phi) is 6.48. The third-order valence-corrected chi connectivity index (χ3v) is 7.50. The van der Waals surface area contributed by atoms with Gasteiger partial charge in [0.05, 0.1) is 0 Å². The van der Waals surface area contributed by atoms with Gasteiger partial charge in [0.2, 0.25) is 15.9 Å². The molecular formula is C19H23N3O4S2. The molecule has 7 nitrogen and oxygen atoms in total. The lowest BCUT2D eigenvalue weighted by Crippen LogP contribution is -2.34. The molecule has 0 radical (unpaired) electrons. The zero-order valence-corrected chi connectivity index (χ0v) is 17.2. The largest absolute Gasteiger partial charge is 0.351 e. The van der Waals surface area contributed by atoms with Gasteiger partial charge in [-0.15, -0.1) is 11.3 Å². The number of nitrogens with one attached hydrogen (secondary N) is 3. The Bertz CT molecular complexity index is 948. The molecule has 0 bridgehead atoms. The minimum Gasteiger partial charge on any atom is -0.351 e. The van der Waals surface area contributed by atoms with Gasteiger partial charge < -0.3 is 10.6 Å². The molecule has 0 atom stereocenters. The number of carbonyl (C=O) groups is 2. The summed E-state index contributed by atoms with van der Waals surface area (Å²) in [5.74, 6) is -0.167. The van der Waals surface area contributed by atoms with Crippen LogP contribution in [-0.4, -0.2) is 33.3 Å². The van der Waals surface area contributed by atoms with E-state index < -0.39 is 10.0 Å². The van der Waals surface area contributed by atoms with Crippen molar-refractivity contribution in [3.8, 4) is 0 Å². The number of hydrogen-bond donors (Lipinski definition) is 3. The molecule has 9 heteroatoms. The van der Waals surface area contributed by atoms with Crippen LogP contribution in [0.2, 0.25) is 0 Å². The number of benzene rings is 1. The Morgan fingerprint density at radius 2 is 1.79 bits per heavy atom. The highest BCUT2D eigenvalue weighted by molar-refractivity contribution is 7.91. The van der Waals surface area contributed by atoms with E-state index in [1.54, 1.807) is 36.4 Å². The third-order valence-electron chi connectivity index (χ3n) is 4.32. The van der Waals surface area contributed by atoms with E-state index in [4.69, 9.17) is 0 Å². The first-order valence-corrected chi connectivity index (χ1v) is 11.5. The van der Waals surface area contributed by atoms with E-state index in [0.717, 1.165) is 24.1 Å². The van der Waals surface area contributed by atoms with Crippen molar-refractivity contribution < 1.29 is 18.0 Å². The molecule has 0 spiro atoms. The molecule has 2 aromatic rings. The van der Waals surface area contributed by atoms with Gasteiger partial charge in [-0.3, -0.25) is 9.59 Å². The molecular weight excluding hydrogens is 398 g/mol. The van der Waals surface area contributed by atoms with Crippen LogP contribution in [0.15, 0.2) is 40.6 Å². The number of hydrogen-bond acceptors (Lipinski definition) is 5. The SMILES string of the molecule is CCc1ccc(S(=O)(=O)NCCNC(=O)c2ccc(NC(=O)C3CC3)cc2)s1. The highest BCUT2D eigenvalue weighted by Crippen LogP contribution is 2.30. The smallest absolute Gasteiger partial charge is 0.251 e. The van der Waals surface area contributed by atoms with Crippen molar-refractivity contribution in [2.45, 2.75) is 30.4 Å². The van der Waals surface area contributed by atoms with Gasteiger partial charge in [0.25, 0.3) is 5.91 Å². The first-order chi connectivity index (χ1) is 13.4. The summed E-state index contributed by atoms with van der Waals surface area (Å²) >= 11 is 1.24. The first-order valence-electron chi connectivity index (χ1n) is 9.16. The van der Waals surface area contributed by atoms with Crippen LogP contribution < -0.4 is 15.4 Å². The summed E-state index contributed by atoms with van der Waals surface area (Å²) in [5.41, 5.74) is 1.10. The zero-order chi connectivity index (χ0) is 20.1.